The molecule has 4 aliphatic rings. The molecule has 0 spiro atoms. The first kappa shape index (κ1) is 29.0. The van der Waals surface area contributed by atoms with Gasteiger partial charge in [0.1, 0.15) is 17.1 Å². The number of allylic oxidation sites excluding steroid dienone is 1. The van der Waals surface area contributed by atoms with Gasteiger partial charge >= 0.3 is 0 Å². The van der Waals surface area contributed by atoms with Crippen LogP contribution in [0, 0.1) is 5.92 Å². The van der Waals surface area contributed by atoms with Crippen LogP contribution in [0.5, 0.6) is 11.5 Å². The van der Waals surface area contributed by atoms with Crippen molar-refractivity contribution in [3.05, 3.63) is 34.9 Å². The van der Waals surface area contributed by atoms with E-state index in [0.29, 0.717) is 17.6 Å². The molecule has 2 atom stereocenters. The van der Waals surface area contributed by atoms with E-state index in [-0.39, 0.29) is 11.0 Å². The zero-order valence-electron chi connectivity index (χ0n) is 25.7. The van der Waals surface area contributed by atoms with Crippen LogP contribution in [0.3, 0.4) is 0 Å². The van der Waals surface area contributed by atoms with Crippen molar-refractivity contribution < 1.29 is 9.84 Å². The van der Waals surface area contributed by atoms with Gasteiger partial charge in [0.15, 0.2) is 0 Å². The van der Waals surface area contributed by atoms with Crippen LogP contribution in [-0.2, 0) is 5.41 Å². The van der Waals surface area contributed by atoms with Gasteiger partial charge in [-0.2, -0.15) is 0 Å². The molecule has 4 nitrogen and oxygen atoms in total. The van der Waals surface area contributed by atoms with E-state index in [2.05, 4.69) is 62.6 Å². The average Bonchev–Trinajstić information content (AvgIpc) is 2.91. The number of ether oxygens (including phenoxy) is 1. The number of phenolic OH excluding ortho intramolecular Hbond substituents is 1. The summed E-state index contributed by atoms with van der Waals surface area (Å²) in [5.74, 6) is 2.12. The molecule has 218 valence electrons. The molecule has 3 aliphatic heterocycles. The van der Waals surface area contributed by atoms with E-state index in [1.165, 1.54) is 89.5 Å². The lowest BCUT2D eigenvalue weighted by Crippen LogP contribution is -2.48. The molecule has 2 saturated heterocycles. The summed E-state index contributed by atoms with van der Waals surface area (Å²) in [5.41, 5.74) is 3.65. The fourth-order valence-corrected chi connectivity index (χ4v) is 8.14. The Labute approximate surface area is 239 Å². The highest BCUT2D eigenvalue weighted by molar-refractivity contribution is 5.54. The number of phenols is 1. The van der Waals surface area contributed by atoms with E-state index in [1.807, 2.05) is 0 Å². The van der Waals surface area contributed by atoms with Crippen LogP contribution in [0.4, 0.5) is 0 Å². The number of piperidine rings is 2. The maximum atomic E-state index is 11.5. The first-order valence-electron chi connectivity index (χ1n) is 16.4. The van der Waals surface area contributed by atoms with Crippen molar-refractivity contribution in [3.8, 4) is 11.5 Å². The van der Waals surface area contributed by atoms with Crippen molar-refractivity contribution in [1.29, 1.82) is 0 Å². The fourth-order valence-electron chi connectivity index (χ4n) is 8.14. The average molecular weight is 537 g/mol. The summed E-state index contributed by atoms with van der Waals surface area (Å²) in [6, 6.07) is 5.15. The molecule has 0 bridgehead atoms. The zero-order chi connectivity index (χ0) is 27.6. The lowest BCUT2D eigenvalue weighted by Gasteiger charge is -2.48. The molecule has 1 aromatic rings. The smallest absolute Gasteiger partial charge is 0.127 e. The summed E-state index contributed by atoms with van der Waals surface area (Å²) in [7, 11) is 0. The largest absolute Gasteiger partial charge is 0.508 e. The summed E-state index contributed by atoms with van der Waals surface area (Å²) in [4.78, 5) is 5.47. The number of likely N-dealkylation sites (tertiary alicyclic amines) is 2. The number of rotatable bonds is 9. The van der Waals surface area contributed by atoms with E-state index in [9.17, 15) is 5.11 Å². The van der Waals surface area contributed by atoms with Crippen LogP contribution in [0.2, 0.25) is 0 Å². The molecule has 39 heavy (non-hydrogen) atoms. The molecular formula is C35H56N2O2. The summed E-state index contributed by atoms with van der Waals surface area (Å²) >= 11 is 0. The molecular weight excluding hydrogens is 480 g/mol. The van der Waals surface area contributed by atoms with Crippen LogP contribution in [0.25, 0.3) is 0 Å². The van der Waals surface area contributed by atoms with E-state index in [1.54, 1.807) is 5.57 Å². The molecule has 5 rings (SSSR count). The zero-order valence-corrected chi connectivity index (χ0v) is 25.7. The van der Waals surface area contributed by atoms with Crippen molar-refractivity contribution in [2.24, 2.45) is 5.92 Å². The lowest BCUT2D eigenvalue weighted by molar-refractivity contribution is 0.00664. The Morgan fingerprint density at radius 3 is 2.46 bits per heavy atom. The standard InChI is InChI=1S/C35H56N2O2/c1-6-7-8-10-17-34(2,3)27-23-31(38)33-29-22-26(13-14-30(29)35(4,5)39-32(33)24-27)25-36-20-15-28(16-21-36)37-18-11-9-12-19-37/h13,23-24,28-30,38H,6-12,14-22,25H2,1-5H3/t29-,30?/m0/s1. The Morgan fingerprint density at radius 1 is 1.00 bits per heavy atom. The van der Waals surface area contributed by atoms with Crippen LogP contribution in [0.15, 0.2) is 23.8 Å². The third-order valence-electron chi connectivity index (χ3n) is 10.7. The van der Waals surface area contributed by atoms with Gasteiger partial charge in [0.25, 0.3) is 0 Å². The third-order valence-corrected chi connectivity index (χ3v) is 10.7. The van der Waals surface area contributed by atoms with Gasteiger partial charge in [-0.25, -0.2) is 0 Å². The minimum atomic E-state index is -0.233. The number of benzene rings is 1. The molecule has 1 aliphatic carbocycles. The molecule has 1 aromatic carbocycles. The van der Waals surface area contributed by atoms with Crippen LogP contribution < -0.4 is 4.74 Å². The van der Waals surface area contributed by atoms with E-state index < -0.39 is 0 Å². The Bertz CT molecular complexity index is 998. The number of unbranched alkanes of at least 4 members (excludes halogenated alkanes) is 3. The summed E-state index contributed by atoms with van der Waals surface area (Å²) in [6.45, 7) is 17.6. The highest BCUT2D eigenvalue weighted by Crippen LogP contribution is 2.55. The van der Waals surface area contributed by atoms with Gasteiger partial charge in [-0.1, -0.05) is 64.5 Å². The van der Waals surface area contributed by atoms with Gasteiger partial charge < -0.3 is 14.7 Å². The van der Waals surface area contributed by atoms with Crippen molar-refractivity contribution in [2.75, 3.05) is 32.7 Å². The quantitative estimate of drug-likeness (QED) is 0.255. The minimum Gasteiger partial charge on any atom is -0.508 e. The summed E-state index contributed by atoms with van der Waals surface area (Å²) < 4.78 is 6.70. The Kier molecular flexibility index (Phi) is 9.03. The Morgan fingerprint density at radius 2 is 1.74 bits per heavy atom. The van der Waals surface area contributed by atoms with Gasteiger partial charge in [0, 0.05) is 30.0 Å². The second kappa shape index (κ2) is 12.1. The van der Waals surface area contributed by atoms with Gasteiger partial charge in [-0.3, -0.25) is 4.90 Å². The molecule has 0 aromatic heterocycles. The third kappa shape index (κ3) is 6.53. The number of hydrogen-bond acceptors (Lipinski definition) is 4. The Balaban J connectivity index is 1.27. The molecule has 0 amide bonds. The molecule has 0 saturated carbocycles. The van der Waals surface area contributed by atoms with Crippen molar-refractivity contribution in [1.82, 2.24) is 9.80 Å². The van der Waals surface area contributed by atoms with Gasteiger partial charge in [-0.15, -0.1) is 0 Å². The predicted octanol–water partition coefficient (Wildman–Crippen LogP) is 8.18. The fraction of sp³-hybridized carbons (Fsp3) is 0.771. The Hall–Kier alpha value is -1.52. The van der Waals surface area contributed by atoms with E-state index >= 15 is 0 Å². The summed E-state index contributed by atoms with van der Waals surface area (Å²) in [6.07, 6.45) is 17.7. The molecule has 2 fully saturated rings. The van der Waals surface area contributed by atoms with Crippen molar-refractivity contribution >= 4 is 0 Å². The summed E-state index contributed by atoms with van der Waals surface area (Å²) in [5, 5.41) is 11.5. The number of aromatic hydroxyl groups is 1. The first-order valence-corrected chi connectivity index (χ1v) is 16.4. The maximum Gasteiger partial charge on any atom is 0.127 e. The van der Waals surface area contributed by atoms with Crippen LogP contribution in [0.1, 0.15) is 129 Å². The highest BCUT2D eigenvalue weighted by Gasteiger charge is 2.46. The number of fused-ring (bicyclic) bond motifs is 3. The molecule has 0 radical (unpaired) electrons. The maximum absolute atomic E-state index is 11.5. The molecule has 1 N–H and O–H groups in total. The molecule has 4 heteroatoms. The van der Waals surface area contributed by atoms with Gasteiger partial charge in [0.2, 0.25) is 0 Å². The van der Waals surface area contributed by atoms with E-state index in [4.69, 9.17) is 4.74 Å². The topological polar surface area (TPSA) is 35.9 Å². The monoisotopic (exact) mass is 536 g/mol. The molecule has 1 unspecified atom stereocenters. The number of nitrogens with zero attached hydrogens (tertiary/aromatic N) is 2. The minimum absolute atomic E-state index is 0.0303. The second-order valence-corrected chi connectivity index (χ2v) is 14.4. The first-order chi connectivity index (χ1) is 18.7. The van der Waals surface area contributed by atoms with Crippen LogP contribution in [-0.4, -0.2) is 59.3 Å². The predicted molar refractivity (Wildman–Crippen MR) is 163 cm³/mol. The highest BCUT2D eigenvalue weighted by atomic mass is 16.5. The number of hydrogen-bond donors (Lipinski definition) is 1. The normalized spacial score (nSPS) is 26.4. The van der Waals surface area contributed by atoms with Crippen molar-refractivity contribution in [2.45, 2.75) is 135 Å². The van der Waals surface area contributed by atoms with Crippen LogP contribution >= 0.6 is 0 Å². The van der Waals surface area contributed by atoms with Gasteiger partial charge in [-0.05, 0) is 108 Å². The lowest BCUT2D eigenvalue weighted by atomic mass is 9.66. The second-order valence-electron chi connectivity index (χ2n) is 14.4. The SMILES string of the molecule is CCCCCCC(C)(C)c1cc(O)c2c(c1)OC(C)(C)C1CC=C(CN3CCC(N4CCCCC4)CC3)C[C@H]21. The van der Waals surface area contributed by atoms with Gasteiger partial charge in [0.05, 0.1) is 0 Å². The van der Waals surface area contributed by atoms with Crippen molar-refractivity contribution in [3.63, 3.8) is 0 Å². The van der Waals surface area contributed by atoms with E-state index in [0.717, 1.165) is 43.2 Å². The molecule has 3 heterocycles.